The zero-order valence-electron chi connectivity index (χ0n) is 5.85. The maximum Gasteiger partial charge on any atom is 0.140 e. The summed E-state index contributed by atoms with van der Waals surface area (Å²) in [6.07, 6.45) is 0.675. The lowest BCUT2D eigenvalue weighted by molar-refractivity contribution is 0.606. The average molecular weight is 235 g/mol. The van der Waals surface area contributed by atoms with E-state index < -0.39 is 0 Å². The van der Waals surface area contributed by atoms with Crippen LogP contribution < -0.4 is 0 Å². The van der Waals surface area contributed by atoms with Gasteiger partial charge in [-0.25, -0.2) is 4.39 Å². The van der Waals surface area contributed by atoms with Crippen LogP contribution in [0, 0.1) is 5.82 Å². The van der Waals surface area contributed by atoms with Gasteiger partial charge in [-0.2, -0.15) is 12.6 Å². The van der Waals surface area contributed by atoms with Crippen LogP contribution in [0.5, 0.6) is 0 Å². The molecule has 0 aromatic heterocycles. The summed E-state index contributed by atoms with van der Waals surface area (Å²) >= 11 is 7.15. The summed E-state index contributed by atoms with van der Waals surface area (Å²) in [5.41, 5.74) is 0.717. The van der Waals surface area contributed by atoms with Crippen molar-refractivity contribution >= 4 is 28.6 Å². The van der Waals surface area contributed by atoms with Gasteiger partial charge in [-0.1, -0.05) is 12.1 Å². The highest BCUT2D eigenvalue weighted by Gasteiger charge is 2.03. The van der Waals surface area contributed by atoms with Crippen molar-refractivity contribution < 1.29 is 4.39 Å². The molecule has 0 spiro atoms. The van der Waals surface area contributed by atoms with E-state index in [1.54, 1.807) is 12.1 Å². The van der Waals surface area contributed by atoms with Crippen LogP contribution in [-0.4, -0.2) is 5.75 Å². The lowest BCUT2D eigenvalue weighted by Crippen LogP contribution is -1.91. The minimum absolute atomic E-state index is 0.165. The van der Waals surface area contributed by atoms with Crippen molar-refractivity contribution in [3.63, 3.8) is 0 Å². The molecule has 0 aliphatic rings. The Hall–Kier alpha value is -0.0200. The molecule has 0 amide bonds. The third-order valence-corrected chi connectivity index (χ3v) is 2.25. The highest BCUT2D eigenvalue weighted by molar-refractivity contribution is 9.10. The Morgan fingerprint density at radius 1 is 1.45 bits per heavy atom. The molecule has 0 nitrogen and oxygen atoms in total. The van der Waals surface area contributed by atoms with Crippen LogP contribution in [0.15, 0.2) is 22.7 Å². The number of benzene rings is 1. The quantitative estimate of drug-likeness (QED) is 0.748. The van der Waals surface area contributed by atoms with E-state index in [1.807, 2.05) is 6.07 Å². The lowest BCUT2D eigenvalue weighted by atomic mass is 10.2. The topological polar surface area (TPSA) is 0 Å². The van der Waals surface area contributed by atoms with E-state index in [9.17, 15) is 4.39 Å². The maximum atomic E-state index is 13.1. The highest BCUT2D eigenvalue weighted by Crippen LogP contribution is 2.18. The first-order chi connectivity index (χ1) is 5.25. The molecule has 1 aromatic rings. The van der Waals surface area contributed by atoms with Gasteiger partial charge in [0.05, 0.1) is 4.47 Å². The number of rotatable bonds is 2. The van der Waals surface area contributed by atoms with Crippen LogP contribution in [0.25, 0.3) is 0 Å². The van der Waals surface area contributed by atoms with Crippen LogP contribution in [0.3, 0.4) is 0 Å². The Morgan fingerprint density at radius 3 is 2.82 bits per heavy atom. The molecular formula is C8H8BrFS. The van der Waals surface area contributed by atoms with Crippen molar-refractivity contribution in [1.29, 1.82) is 0 Å². The van der Waals surface area contributed by atoms with Crippen molar-refractivity contribution in [3.8, 4) is 0 Å². The molecule has 0 saturated carbocycles. The van der Waals surface area contributed by atoms with Gasteiger partial charge < -0.3 is 0 Å². The number of aryl methyl sites for hydroxylation is 1. The second-order valence-corrected chi connectivity index (χ2v) is 3.49. The van der Waals surface area contributed by atoms with Gasteiger partial charge >= 0.3 is 0 Å². The first-order valence-electron chi connectivity index (χ1n) is 3.29. The predicted octanol–water partition coefficient (Wildman–Crippen LogP) is 3.06. The molecule has 11 heavy (non-hydrogen) atoms. The van der Waals surface area contributed by atoms with Gasteiger partial charge in [0, 0.05) is 0 Å². The van der Waals surface area contributed by atoms with Gasteiger partial charge in [-0.3, -0.25) is 0 Å². The van der Waals surface area contributed by atoms with Crippen molar-refractivity contribution in [2.75, 3.05) is 5.75 Å². The fraction of sp³-hybridized carbons (Fsp3) is 0.250. The van der Waals surface area contributed by atoms with E-state index in [-0.39, 0.29) is 5.82 Å². The Labute approximate surface area is 79.3 Å². The molecule has 1 aromatic carbocycles. The van der Waals surface area contributed by atoms with Crippen molar-refractivity contribution in [2.24, 2.45) is 0 Å². The molecule has 3 heteroatoms. The Morgan fingerprint density at radius 2 is 2.18 bits per heavy atom. The second kappa shape index (κ2) is 4.12. The average Bonchev–Trinajstić information content (AvgIpc) is 1.99. The lowest BCUT2D eigenvalue weighted by Gasteiger charge is -2.00. The smallest absolute Gasteiger partial charge is 0.140 e. The molecule has 0 radical (unpaired) electrons. The van der Waals surface area contributed by atoms with Crippen LogP contribution in [0.4, 0.5) is 4.39 Å². The maximum absolute atomic E-state index is 13.1. The number of hydrogen-bond donors (Lipinski definition) is 1. The van der Waals surface area contributed by atoms with Gasteiger partial charge in [-0.15, -0.1) is 0 Å². The molecule has 0 heterocycles. The van der Waals surface area contributed by atoms with Crippen molar-refractivity contribution in [1.82, 2.24) is 0 Å². The molecular weight excluding hydrogens is 227 g/mol. The first kappa shape index (κ1) is 9.07. The van der Waals surface area contributed by atoms with Crippen molar-refractivity contribution in [2.45, 2.75) is 6.42 Å². The van der Waals surface area contributed by atoms with Gasteiger partial charge in [0.25, 0.3) is 0 Å². The summed E-state index contributed by atoms with van der Waals surface area (Å²) in [5.74, 6) is 0.509. The summed E-state index contributed by atoms with van der Waals surface area (Å²) in [6, 6.07) is 5.29. The summed E-state index contributed by atoms with van der Waals surface area (Å²) in [6.45, 7) is 0. The molecule has 0 atom stereocenters. The molecule has 1 rings (SSSR count). The monoisotopic (exact) mass is 234 g/mol. The SMILES string of the molecule is Fc1c(Br)cccc1CCS. The largest absolute Gasteiger partial charge is 0.205 e. The van der Waals surface area contributed by atoms with Gasteiger partial charge in [0.15, 0.2) is 0 Å². The fourth-order valence-corrected chi connectivity index (χ4v) is 1.51. The third kappa shape index (κ3) is 2.20. The minimum atomic E-state index is -0.165. The van der Waals surface area contributed by atoms with Crippen LogP contribution in [-0.2, 0) is 6.42 Å². The van der Waals surface area contributed by atoms with Crippen LogP contribution in [0.1, 0.15) is 5.56 Å². The minimum Gasteiger partial charge on any atom is -0.205 e. The summed E-state index contributed by atoms with van der Waals surface area (Å²) in [4.78, 5) is 0. The van der Waals surface area contributed by atoms with E-state index in [0.717, 1.165) is 5.56 Å². The van der Waals surface area contributed by atoms with Crippen LogP contribution >= 0.6 is 28.6 Å². The van der Waals surface area contributed by atoms with E-state index in [4.69, 9.17) is 0 Å². The Kier molecular flexibility index (Phi) is 3.40. The Balaban J connectivity index is 2.96. The molecule has 0 saturated heterocycles. The zero-order chi connectivity index (χ0) is 8.27. The predicted molar refractivity (Wildman–Crippen MR) is 51.7 cm³/mol. The van der Waals surface area contributed by atoms with E-state index in [2.05, 4.69) is 28.6 Å². The molecule has 0 unspecified atom stereocenters. The molecule has 0 fully saturated rings. The molecule has 0 aliphatic carbocycles. The second-order valence-electron chi connectivity index (χ2n) is 2.19. The standard InChI is InChI=1S/C8H8BrFS/c9-7-3-1-2-6(4-5-11)8(7)10/h1-3,11H,4-5H2. The van der Waals surface area contributed by atoms with E-state index in [0.29, 0.717) is 16.6 Å². The van der Waals surface area contributed by atoms with Gasteiger partial charge in [0.1, 0.15) is 5.82 Å². The normalized spacial score (nSPS) is 10.1. The van der Waals surface area contributed by atoms with Gasteiger partial charge in [-0.05, 0) is 39.7 Å². The van der Waals surface area contributed by atoms with E-state index >= 15 is 0 Å². The third-order valence-electron chi connectivity index (χ3n) is 1.41. The zero-order valence-corrected chi connectivity index (χ0v) is 8.33. The van der Waals surface area contributed by atoms with Crippen molar-refractivity contribution in [3.05, 3.63) is 34.1 Å². The molecule has 0 N–H and O–H groups in total. The van der Waals surface area contributed by atoms with Gasteiger partial charge in [0.2, 0.25) is 0 Å². The highest BCUT2D eigenvalue weighted by atomic mass is 79.9. The fourth-order valence-electron chi connectivity index (χ4n) is 0.862. The number of hydrogen-bond acceptors (Lipinski definition) is 1. The number of thiol groups is 1. The molecule has 0 aliphatic heterocycles. The summed E-state index contributed by atoms with van der Waals surface area (Å²) in [7, 11) is 0. The van der Waals surface area contributed by atoms with E-state index in [1.165, 1.54) is 0 Å². The first-order valence-corrected chi connectivity index (χ1v) is 4.72. The summed E-state index contributed by atoms with van der Waals surface area (Å²) in [5, 5.41) is 0. The Bertz CT molecular complexity index is 250. The molecule has 0 bridgehead atoms. The number of halogens is 2. The van der Waals surface area contributed by atoms with Crippen LogP contribution in [0.2, 0.25) is 0 Å². The summed E-state index contributed by atoms with van der Waals surface area (Å²) < 4.78 is 13.6. The molecule has 60 valence electrons.